The highest BCUT2D eigenvalue weighted by Crippen LogP contribution is 2.33. The lowest BCUT2D eigenvalue weighted by molar-refractivity contribution is 0.269. The fourth-order valence-corrected chi connectivity index (χ4v) is 3.25. The van der Waals surface area contributed by atoms with Crippen LogP contribution in [0.5, 0.6) is 0 Å². The average Bonchev–Trinajstić information content (AvgIpc) is 2.14. The fraction of sp³-hybridized carbons (Fsp3) is 1.00. The molecule has 1 unspecified atom stereocenters. The molecule has 0 aliphatic carbocycles. The molecule has 1 fully saturated rings. The van der Waals surface area contributed by atoms with E-state index in [4.69, 9.17) is 0 Å². The van der Waals surface area contributed by atoms with Crippen molar-refractivity contribution in [2.24, 2.45) is 10.8 Å². The van der Waals surface area contributed by atoms with Crippen LogP contribution in [-0.2, 0) is 0 Å². The predicted octanol–water partition coefficient (Wildman–Crippen LogP) is 3.54. The maximum absolute atomic E-state index is 3.75. The lowest BCUT2D eigenvalue weighted by atomic mass is 9.86. The van der Waals surface area contributed by atoms with Crippen LogP contribution in [-0.4, -0.2) is 24.1 Å². The maximum atomic E-state index is 3.75. The molecule has 2 heteroatoms. The fourth-order valence-electron chi connectivity index (χ4n) is 1.94. The monoisotopic (exact) mass is 229 g/mol. The van der Waals surface area contributed by atoms with Gasteiger partial charge in [0.1, 0.15) is 0 Å². The van der Waals surface area contributed by atoms with Gasteiger partial charge in [-0.25, -0.2) is 0 Å². The normalized spacial score (nSPS) is 26.6. The predicted molar refractivity (Wildman–Crippen MR) is 71.6 cm³/mol. The summed E-state index contributed by atoms with van der Waals surface area (Å²) in [6.07, 6.45) is 2.59. The van der Waals surface area contributed by atoms with Crippen molar-refractivity contribution in [3.8, 4) is 0 Å². The third kappa shape index (κ3) is 4.78. The Labute approximate surface area is 99.8 Å². The van der Waals surface area contributed by atoms with Gasteiger partial charge in [-0.15, -0.1) is 0 Å². The molecule has 0 aromatic carbocycles. The minimum atomic E-state index is 0.451. The average molecular weight is 229 g/mol. The molecule has 0 saturated carbocycles. The summed E-state index contributed by atoms with van der Waals surface area (Å²) in [7, 11) is 0. The van der Waals surface area contributed by atoms with Gasteiger partial charge in [-0.05, 0) is 29.4 Å². The van der Waals surface area contributed by atoms with Gasteiger partial charge in [0.2, 0.25) is 0 Å². The van der Waals surface area contributed by atoms with Crippen LogP contribution in [0.1, 0.15) is 47.5 Å². The van der Waals surface area contributed by atoms with E-state index in [0.29, 0.717) is 10.8 Å². The highest BCUT2D eigenvalue weighted by Gasteiger charge is 2.29. The Morgan fingerprint density at radius 3 is 2.60 bits per heavy atom. The van der Waals surface area contributed by atoms with Crippen LogP contribution in [0.15, 0.2) is 0 Å². The van der Waals surface area contributed by atoms with E-state index in [1.807, 2.05) is 0 Å². The third-order valence-electron chi connectivity index (χ3n) is 3.44. The number of nitrogens with one attached hydrogen (secondary N) is 1. The van der Waals surface area contributed by atoms with Crippen molar-refractivity contribution in [2.75, 3.05) is 18.1 Å². The van der Waals surface area contributed by atoms with Crippen molar-refractivity contribution in [2.45, 2.75) is 53.5 Å². The van der Waals surface area contributed by atoms with E-state index in [-0.39, 0.29) is 0 Å². The zero-order valence-corrected chi connectivity index (χ0v) is 11.8. The second-order valence-electron chi connectivity index (χ2n) is 6.48. The Balaban J connectivity index is 2.33. The molecule has 1 saturated heterocycles. The number of hydrogen-bond acceptors (Lipinski definition) is 2. The van der Waals surface area contributed by atoms with E-state index in [1.165, 1.54) is 24.3 Å². The standard InChI is InChI=1S/C13H27NS/c1-6-12(2,3)9-14-11-7-13(4,5)10-15-8-11/h11,14H,6-10H2,1-5H3. The van der Waals surface area contributed by atoms with E-state index >= 15 is 0 Å². The number of rotatable bonds is 4. The van der Waals surface area contributed by atoms with Gasteiger partial charge >= 0.3 is 0 Å². The summed E-state index contributed by atoms with van der Waals surface area (Å²) in [6, 6.07) is 0.726. The first-order valence-corrected chi connectivity index (χ1v) is 7.31. The molecule has 90 valence electrons. The summed E-state index contributed by atoms with van der Waals surface area (Å²) in [4.78, 5) is 0. The Morgan fingerprint density at radius 1 is 1.40 bits per heavy atom. The van der Waals surface area contributed by atoms with Crippen LogP contribution in [0, 0.1) is 10.8 Å². The summed E-state index contributed by atoms with van der Waals surface area (Å²) in [5.41, 5.74) is 0.975. The molecule has 1 atom stereocenters. The van der Waals surface area contributed by atoms with Crippen molar-refractivity contribution >= 4 is 11.8 Å². The van der Waals surface area contributed by atoms with Gasteiger partial charge in [0.15, 0.2) is 0 Å². The van der Waals surface area contributed by atoms with Crippen molar-refractivity contribution in [3.63, 3.8) is 0 Å². The van der Waals surface area contributed by atoms with Crippen molar-refractivity contribution in [1.29, 1.82) is 0 Å². The molecule has 1 aliphatic heterocycles. The first-order chi connectivity index (χ1) is 6.85. The zero-order chi connectivity index (χ0) is 11.5. The van der Waals surface area contributed by atoms with Crippen LogP contribution in [0.4, 0.5) is 0 Å². The van der Waals surface area contributed by atoms with Crippen LogP contribution in [0.3, 0.4) is 0 Å². The van der Waals surface area contributed by atoms with Crippen molar-refractivity contribution in [1.82, 2.24) is 5.32 Å². The van der Waals surface area contributed by atoms with E-state index in [9.17, 15) is 0 Å². The van der Waals surface area contributed by atoms with Gasteiger partial charge in [0.05, 0.1) is 0 Å². The van der Waals surface area contributed by atoms with Gasteiger partial charge in [0.25, 0.3) is 0 Å². The Bertz CT molecular complexity index is 199. The molecule has 1 nitrogen and oxygen atoms in total. The topological polar surface area (TPSA) is 12.0 Å². The summed E-state index contributed by atoms with van der Waals surface area (Å²) >= 11 is 2.11. The maximum Gasteiger partial charge on any atom is 0.0163 e. The summed E-state index contributed by atoms with van der Waals surface area (Å²) in [5.74, 6) is 2.62. The van der Waals surface area contributed by atoms with E-state index in [0.717, 1.165) is 12.6 Å². The molecule has 15 heavy (non-hydrogen) atoms. The van der Waals surface area contributed by atoms with Gasteiger partial charge in [-0.1, -0.05) is 34.6 Å². The highest BCUT2D eigenvalue weighted by molar-refractivity contribution is 7.99. The summed E-state index contributed by atoms with van der Waals surface area (Å²) in [5, 5.41) is 3.75. The summed E-state index contributed by atoms with van der Waals surface area (Å²) < 4.78 is 0. The van der Waals surface area contributed by atoms with E-state index in [2.05, 4.69) is 51.7 Å². The minimum absolute atomic E-state index is 0.451. The molecule has 1 heterocycles. The van der Waals surface area contributed by atoms with E-state index in [1.54, 1.807) is 0 Å². The molecular weight excluding hydrogens is 202 g/mol. The first kappa shape index (κ1) is 13.4. The van der Waals surface area contributed by atoms with Gasteiger partial charge in [-0.3, -0.25) is 0 Å². The van der Waals surface area contributed by atoms with Crippen molar-refractivity contribution in [3.05, 3.63) is 0 Å². The lowest BCUT2D eigenvalue weighted by Gasteiger charge is -2.37. The summed E-state index contributed by atoms with van der Waals surface area (Å²) in [6.45, 7) is 12.9. The highest BCUT2D eigenvalue weighted by atomic mass is 32.2. The molecule has 1 aliphatic rings. The van der Waals surface area contributed by atoms with E-state index < -0.39 is 0 Å². The molecule has 1 N–H and O–H groups in total. The van der Waals surface area contributed by atoms with Gasteiger partial charge in [-0.2, -0.15) is 11.8 Å². The van der Waals surface area contributed by atoms with Crippen LogP contribution < -0.4 is 5.32 Å². The van der Waals surface area contributed by atoms with Gasteiger partial charge < -0.3 is 5.32 Å². The second kappa shape index (κ2) is 5.09. The van der Waals surface area contributed by atoms with Crippen LogP contribution >= 0.6 is 11.8 Å². The zero-order valence-electron chi connectivity index (χ0n) is 11.0. The Morgan fingerprint density at radius 2 is 2.07 bits per heavy atom. The SMILES string of the molecule is CCC(C)(C)CNC1CSCC(C)(C)C1. The Hall–Kier alpha value is 0.310. The molecule has 0 spiro atoms. The first-order valence-electron chi connectivity index (χ1n) is 6.16. The molecule has 0 radical (unpaired) electrons. The Kier molecular flexibility index (Phi) is 4.54. The largest absolute Gasteiger partial charge is 0.313 e. The third-order valence-corrected chi connectivity index (χ3v) is 5.06. The quantitative estimate of drug-likeness (QED) is 0.791. The molecule has 1 rings (SSSR count). The minimum Gasteiger partial charge on any atom is -0.313 e. The lowest BCUT2D eigenvalue weighted by Crippen LogP contribution is -2.43. The second-order valence-corrected chi connectivity index (χ2v) is 7.51. The number of thioether (sulfide) groups is 1. The molecule has 0 amide bonds. The number of hydrogen-bond donors (Lipinski definition) is 1. The van der Waals surface area contributed by atoms with Gasteiger partial charge in [0, 0.05) is 18.3 Å². The molecular formula is C13H27NS. The van der Waals surface area contributed by atoms with Crippen LogP contribution in [0.2, 0.25) is 0 Å². The molecule has 0 bridgehead atoms. The van der Waals surface area contributed by atoms with Crippen molar-refractivity contribution < 1.29 is 0 Å². The smallest absolute Gasteiger partial charge is 0.0163 e. The molecule has 0 aromatic heterocycles. The molecule has 0 aromatic rings. The van der Waals surface area contributed by atoms with Crippen LogP contribution in [0.25, 0.3) is 0 Å².